The summed E-state index contributed by atoms with van der Waals surface area (Å²) in [6, 6.07) is 0. The second-order valence-electron chi connectivity index (χ2n) is 7.03. The molecule has 1 saturated carbocycles. The molecule has 0 aliphatic heterocycles. The fourth-order valence-electron chi connectivity index (χ4n) is 3.65. The highest BCUT2D eigenvalue weighted by atomic mass is 35.5. The first-order valence-electron chi connectivity index (χ1n) is 7.51. The van der Waals surface area contributed by atoms with Crippen LogP contribution in [0.5, 0.6) is 0 Å². The summed E-state index contributed by atoms with van der Waals surface area (Å²) in [5, 5.41) is 2.40. The van der Waals surface area contributed by atoms with Crippen molar-refractivity contribution in [3.05, 3.63) is 23.5 Å². The number of hydrogen-bond donors (Lipinski definition) is 0. The number of fused-ring (bicyclic) bond motifs is 1. The first-order valence-corrected chi connectivity index (χ1v) is 8.82. The average Bonchev–Trinajstić information content (AvgIpc) is 2.87. The van der Waals surface area contributed by atoms with Gasteiger partial charge in [-0.15, -0.1) is 22.9 Å². The van der Waals surface area contributed by atoms with Crippen molar-refractivity contribution in [1.29, 1.82) is 0 Å². The number of thiazole rings is 1. The maximum Gasteiger partial charge on any atom is 0.193 e. The van der Waals surface area contributed by atoms with Crippen LogP contribution in [0, 0.1) is 17.3 Å². The summed E-state index contributed by atoms with van der Waals surface area (Å²) in [4.78, 5) is 5.82. The lowest BCUT2D eigenvalue weighted by atomic mass is 9.67. The number of imidazole rings is 1. The van der Waals surface area contributed by atoms with Gasteiger partial charge in [0.25, 0.3) is 0 Å². The van der Waals surface area contributed by atoms with E-state index in [-0.39, 0.29) is 5.41 Å². The van der Waals surface area contributed by atoms with Gasteiger partial charge in [0.05, 0.1) is 5.69 Å². The first kappa shape index (κ1) is 14.4. The Morgan fingerprint density at radius 1 is 1.45 bits per heavy atom. The molecule has 1 fully saturated rings. The number of aromatic nitrogens is 2. The molecule has 2 aromatic rings. The Balaban J connectivity index is 1.75. The highest BCUT2D eigenvalue weighted by Gasteiger charge is 2.38. The summed E-state index contributed by atoms with van der Waals surface area (Å²) < 4.78 is 2.12. The molecule has 0 bridgehead atoms. The van der Waals surface area contributed by atoms with E-state index in [0.29, 0.717) is 11.3 Å². The molecule has 0 saturated heterocycles. The third-order valence-electron chi connectivity index (χ3n) is 4.82. The molecule has 0 radical (unpaired) electrons. The van der Waals surface area contributed by atoms with Gasteiger partial charge in [-0.1, -0.05) is 27.2 Å². The minimum Gasteiger partial charge on any atom is -0.297 e. The molecule has 3 atom stereocenters. The van der Waals surface area contributed by atoms with E-state index in [2.05, 4.69) is 42.9 Å². The van der Waals surface area contributed by atoms with Crippen LogP contribution in [0.1, 0.15) is 45.7 Å². The molecule has 1 aliphatic rings. The minimum absolute atomic E-state index is 0.219. The highest BCUT2D eigenvalue weighted by Crippen LogP contribution is 2.44. The Kier molecular flexibility index (Phi) is 3.85. The Labute approximate surface area is 130 Å². The van der Waals surface area contributed by atoms with E-state index in [4.69, 9.17) is 16.6 Å². The van der Waals surface area contributed by atoms with Gasteiger partial charge in [0.1, 0.15) is 0 Å². The van der Waals surface area contributed by atoms with Crippen LogP contribution in [0.4, 0.5) is 0 Å². The number of alkyl halides is 1. The molecule has 20 heavy (non-hydrogen) atoms. The van der Waals surface area contributed by atoms with Crippen LogP contribution in [-0.2, 0) is 6.42 Å². The van der Waals surface area contributed by atoms with E-state index >= 15 is 0 Å². The van der Waals surface area contributed by atoms with Gasteiger partial charge < -0.3 is 0 Å². The zero-order valence-corrected chi connectivity index (χ0v) is 14.0. The molecular weight excluding hydrogens is 288 g/mol. The molecule has 0 spiro atoms. The van der Waals surface area contributed by atoms with Crippen LogP contribution in [0.3, 0.4) is 0 Å². The van der Waals surface area contributed by atoms with Crippen molar-refractivity contribution in [1.82, 2.24) is 9.38 Å². The van der Waals surface area contributed by atoms with Gasteiger partial charge in [-0.05, 0) is 36.5 Å². The fourth-order valence-corrected chi connectivity index (χ4v) is 5.14. The van der Waals surface area contributed by atoms with Gasteiger partial charge in [-0.3, -0.25) is 4.40 Å². The second-order valence-corrected chi connectivity index (χ2v) is 8.46. The smallest absolute Gasteiger partial charge is 0.193 e. The van der Waals surface area contributed by atoms with Crippen molar-refractivity contribution in [2.75, 3.05) is 0 Å². The number of hydrogen-bond acceptors (Lipinski definition) is 2. The van der Waals surface area contributed by atoms with Crippen molar-refractivity contribution in [3.8, 4) is 0 Å². The zero-order valence-electron chi connectivity index (χ0n) is 12.5. The maximum absolute atomic E-state index is 6.66. The summed E-state index contributed by atoms with van der Waals surface area (Å²) >= 11 is 8.36. The maximum atomic E-state index is 6.66. The quantitative estimate of drug-likeness (QED) is 0.729. The van der Waals surface area contributed by atoms with E-state index in [1.165, 1.54) is 18.5 Å². The molecular formula is C16H23ClN2S. The van der Waals surface area contributed by atoms with Crippen LogP contribution in [0.2, 0.25) is 0 Å². The van der Waals surface area contributed by atoms with Gasteiger partial charge in [0, 0.05) is 23.2 Å². The predicted molar refractivity (Wildman–Crippen MR) is 86.7 cm³/mol. The van der Waals surface area contributed by atoms with Crippen molar-refractivity contribution in [3.63, 3.8) is 0 Å². The SMILES string of the molecule is CC1CCC(C(C)(C)Cc2cn3ccsc3n2)C(Cl)C1. The van der Waals surface area contributed by atoms with Crippen LogP contribution < -0.4 is 0 Å². The average molecular weight is 311 g/mol. The standard InChI is InChI=1S/C16H23ClN2S/c1-11-4-5-13(14(17)8-11)16(2,3)9-12-10-19-6-7-20-15(19)18-12/h6-7,10-11,13-14H,4-5,8-9H2,1-3H3. The van der Waals surface area contributed by atoms with Gasteiger partial charge >= 0.3 is 0 Å². The van der Waals surface area contributed by atoms with Crippen LogP contribution in [-0.4, -0.2) is 14.8 Å². The lowest BCUT2D eigenvalue weighted by Crippen LogP contribution is -2.37. The van der Waals surface area contributed by atoms with E-state index < -0.39 is 0 Å². The van der Waals surface area contributed by atoms with Crippen molar-refractivity contribution in [2.24, 2.45) is 17.3 Å². The molecule has 3 unspecified atom stereocenters. The molecule has 3 rings (SSSR count). The molecule has 110 valence electrons. The molecule has 1 aliphatic carbocycles. The van der Waals surface area contributed by atoms with E-state index in [0.717, 1.165) is 23.7 Å². The van der Waals surface area contributed by atoms with E-state index in [9.17, 15) is 0 Å². The Morgan fingerprint density at radius 2 is 2.25 bits per heavy atom. The molecule has 0 N–H and O–H groups in total. The van der Waals surface area contributed by atoms with Gasteiger partial charge in [-0.2, -0.15) is 0 Å². The monoisotopic (exact) mass is 310 g/mol. The Bertz CT molecular complexity index is 558. The van der Waals surface area contributed by atoms with Crippen LogP contribution in [0.15, 0.2) is 17.8 Å². The summed E-state index contributed by atoms with van der Waals surface area (Å²) in [6.45, 7) is 7.04. The topological polar surface area (TPSA) is 17.3 Å². The largest absolute Gasteiger partial charge is 0.297 e. The second kappa shape index (κ2) is 5.34. The van der Waals surface area contributed by atoms with Crippen molar-refractivity contribution in [2.45, 2.75) is 51.8 Å². The van der Waals surface area contributed by atoms with Crippen LogP contribution in [0.25, 0.3) is 4.96 Å². The molecule has 2 nitrogen and oxygen atoms in total. The van der Waals surface area contributed by atoms with Crippen molar-refractivity contribution < 1.29 is 0 Å². The highest BCUT2D eigenvalue weighted by molar-refractivity contribution is 7.15. The lowest BCUT2D eigenvalue weighted by molar-refractivity contribution is 0.141. The summed E-state index contributed by atoms with van der Waals surface area (Å²) in [7, 11) is 0. The Morgan fingerprint density at radius 3 is 2.95 bits per heavy atom. The number of halogens is 1. The summed E-state index contributed by atoms with van der Waals surface area (Å²) in [5.41, 5.74) is 1.42. The normalized spacial score (nSPS) is 28.1. The van der Waals surface area contributed by atoms with Crippen molar-refractivity contribution >= 4 is 27.9 Å². The minimum atomic E-state index is 0.219. The molecule has 0 amide bonds. The lowest BCUT2D eigenvalue weighted by Gasteiger charge is -2.41. The Hall–Kier alpha value is -0.540. The third kappa shape index (κ3) is 2.75. The molecule has 0 aromatic carbocycles. The van der Waals surface area contributed by atoms with Gasteiger partial charge in [0.15, 0.2) is 4.96 Å². The van der Waals surface area contributed by atoms with E-state index in [1.54, 1.807) is 11.3 Å². The predicted octanol–water partition coefficient (Wildman–Crippen LogP) is 5.01. The summed E-state index contributed by atoms with van der Waals surface area (Å²) in [5.74, 6) is 1.38. The fraction of sp³-hybridized carbons (Fsp3) is 0.688. The number of rotatable bonds is 3. The van der Waals surface area contributed by atoms with Gasteiger partial charge in [-0.25, -0.2) is 4.98 Å². The van der Waals surface area contributed by atoms with Gasteiger partial charge in [0.2, 0.25) is 0 Å². The third-order valence-corrected chi connectivity index (χ3v) is 6.07. The van der Waals surface area contributed by atoms with Crippen LogP contribution >= 0.6 is 22.9 Å². The van der Waals surface area contributed by atoms with E-state index in [1.807, 2.05) is 0 Å². The molecule has 4 heteroatoms. The molecule has 2 aromatic heterocycles. The molecule has 2 heterocycles. The summed E-state index contributed by atoms with van der Waals surface area (Å²) in [6.07, 6.45) is 9.00. The first-order chi connectivity index (χ1) is 9.45. The number of nitrogens with zero attached hydrogens (tertiary/aromatic N) is 2. The zero-order chi connectivity index (χ0) is 14.3.